The highest BCUT2D eigenvalue weighted by Gasteiger charge is 2.17. The molecule has 0 saturated heterocycles. The van der Waals surface area contributed by atoms with Crippen molar-refractivity contribution in [3.8, 4) is 11.5 Å². The monoisotopic (exact) mass is 277 g/mol. The van der Waals surface area contributed by atoms with Gasteiger partial charge in [-0.05, 0) is 31.0 Å². The number of Topliss-reactive ketones (excluding diaryl/α,β-unsaturated/α-hetero) is 1. The third-order valence-electron chi connectivity index (χ3n) is 3.86. The fraction of sp³-hybridized carbons (Fsp3) is 0.562. The van der Waals surface area contributed by atoms with E-state index in [0.717, 1.165) is 0 Å². The number of nitrogens with one attached hydrogen (secondary N) is 1. The molecule has 20 heavy (non-hydrogen) atoms. The topological polar surface area (TPSA) is 47.6 Å². The highest BCUT2D eigenvalue weighted by molar-refractivity contribution is 6.00. The Labute approximate surface area is 120 Å². The minimum absolute atomic E-state index is 0.0475. The number of hydrogen-bond donors (Lipinski definition) is 1. The van der Waals surface area contributed by atoms with Crippen LogP contribution in [-0.2, 0) is 0 Å². The van der Waals surface area contributed by atoms with Crippen molar-refractivity contribution >= 4 is 5.78 Å². The second-order valence-electron chi connectivity index (χ2n) is 5.21. The first-order valence-corrected chi connectivity index (χ1v) is 7.23. The number of benzene rings is 1. The van der Waals surface area contributed by atoms with E-state index >= 15 is 0 Å². The molecular formula is C16H23NO3. The van der Waals surface area contributed by atoms with Gasteiger partial charge in [0.15, 0.2) is 5.78 Å². The molecule has 0 spiro atoms. The molecule has 0 aromatic heterocycles. The predicted octanol–water partition coefficient (Wildman–Crippen LogP) is 2.81. The van der Waals surface area contributed by atoms with Gasteiger partial charge in [0, 0.05) is 6.04 Å². The van der Waals surface area contributed by atoms with E-state index in [-0.39, 0.29) is 5.78 Å². The quantitative estimate of drug-likeness (QED) is 0.812. The first-order valence-electron chi connectivity index (χ1n) is 7.23. The van der Waals surface area contributed by atoms with E-state index < -0.39 is 0 Å². The lowest BCUT2D eigenvalue weighted by Crippen LogP contribution is -2.35. The number of carbonyl (C=O) groups is 1. The summed E-state index contributed by atoms with van der Waals surface area (Å²) in [6, 6.07) is 5.78. The van der Waals surface area contributed by atoms with Gasteiger partial charge in [-0.2, -0.15) is 0 Å². The Morgan fingerprint density at radius 2 is 1.95 bits per heavy atom. The van der Waals surface area contributed by atoms with Crippen molar-refractivity contribution in [1.82, 2.24) is 5.32 Å². The van der Waals surface area contributed by atoms with Gasteiger partial charge >= 0.3 is 0 Å². The summed E-state index contributed by atoms with van der Waals surface area (Å²) in [4.78, 5) is 12.3. The van der Waals surface area contributed by atoms with Crippen molar-refractivity contribution in [2.24, 2.45) is 0 Å². The van der Waals surface area contributed by atoms with Crippen LogP contribution in [0.1, 0.15) is 42.5 Å². The molecule has 1 aromatic rings. The maximum Gasteiger partial charge on any atom is 0.180 e. The van der Waals surface area contributed by atoms with Gasteiger partial charge in [0.1, 0.15) is 11.5 Å². The number of ether oxygens (including phenoxy) is 2. The first-order chi connectivity index (χ1) is 9.74. The summed E-state index contributed by atoms with van der Waals surface area (Å²) in [6.45, 7) is 0.355. The van der Waals surface area contributed by atoms with Crippen molar-refractivity contribution in [1.29, 1.82) is 0 Å². The molecule has 0 heterocycles. The Hall–Kier alpha value is -1.55. The molecule has 4 nitrogen and oxygen atoms in total. The average molecular weight is 277 g/mol. The lowest BCUT2D eigenvalue weighted by atomic mass is 9.95. The Morgan fingerprint density at radius 1 is 1.20 bits per heavy atom. The lowest BCUT2D eigenvalue weighted by molar-refractivity contribution is 0.0981. The van der Waals surface area contributed by atoms with Crippen LogP contribution in [0.4, 0.5) is 0 Å². The standard InChI is InChI=1S/C16H23NO3/c1-19-13-8-9-16(20-2)14(10-13)15(18)11-17-12-6-4-3-5-7-12/h8-10,12,17H,3-7,11H2,1-2H3. The van der Waals surface area contributed by atoms with Crippen LogP contribution in [0, 0.1) is 0 Å². The van der Waals surface area contributed by atoms with Crippen molar-refractivity contribution < 1.29 is 14.3 Å². The van der Waals surface area contributed by atoms with Gasteiger partial charge in [0.2, 0.25) is 0 Å². The first kappa shape index (κ1) is 14.9. The Balaban J connectivity index is 2.00. The maximum atomic E-state index is 12.3. The minimum atomic E-state index is 0.0475. The van der Waals surface area contributed by atoms with Crippen LogP contribution < -0.4 is 14.8 Å². The summed E-state index contributed by atoms with van der Waals surface area (Å²) < 4.78 is 10.4. The summed E-state index contributed by atoms with van der Waals surface area (Å²) in [5, 5.41) is 3.36. The Morgan fingerprint density at radius 3 is 2.60 bits per heavy atom. The normalized spacial score (nSPS) is 15.9. The van der Waals surface area contributed by atoms with Gasteiger partial charge in [-0.15, -0.1) is 0 Å². The van der Waals surface area contributed by atoms with Crippen LogP contribution in [0.2, 0.25) is 0 Å². The maximum absolute atomic E-state index is 12.3. The summed E-state index contributed by atoms with van der Waals surface area (Å²) in [6.07, 6.45) is 6.17. The summed E-state index contributed by atoms with van der Waals surface area (Å²) >= 11 is 0. The van der Waals surface area contributed by atoms with Crippen LogP contribution in [0.5, 0.6) is 11.5 Å². The van der Waals surface area contributed by atoms with Gasteiger partial charge in [-0.3, -0.25) is 4.79 Å². The second-order valence-corrected chi connectivity index (χ2v) is 5.21. The van der Waals surface area contributed by atoms with E-state index in [2.05, 4.69) is 5.32 Å². The fourth-order valence-electron chi connectivity index (χ4n) is 2.67. The summed E-state index contributed by atoms with van der Waals surface area (Å²) in [5.41, 5.74) is 0.579. The molecule has 1 N–H and O–H groups in total. The molecule has 0 unspecified atom stereocenters. The van der Waals surface area contributed by atoms with E-state index in [0.29, 0.717) is 29.6 Å². The zero-order valence-electron chi connectivity index (χ0n) is 12.3. The van der Waals surface area contributed by atoms with E-state index in [4.69, 9.17) is 9.47 Å². The average Bonchev–Trinajstić information content (AvgIpc) is 2.52. The van der Waals surface area contributed by atoms with Gasteiger partial charge in [-0.25, -0.2) is 0 Å². The lowest BCUT2D eigenvalue weighted by Gasteiger charge is -2.22. The number of rotatable bonds is 6. The van der Waals surface area contributed by atoms with Gasteiger partial charge in [-0.1, -0.05) is 19.3 Å². The van der Waals surface area contributed by atoms with E-state index in [9.17, 15) is 4.79 Å². The van der Waals surface area contributed by atoms with Crippen LogP contribution >= 0.6 is 0 Å². The molecule has 1 aliphatic rings. The Kier molecular flexibility index (Phi) is 5.41. The summed E-state index contributed by atoms with van der Waals surface area (Å²) in [7, 11) is 3.17. The molecular weight excluding hydrogens is 254 g/mol. The molecule has 1 saturated carbocycles. The third kappa shape index (κ3) is 3.73. The van der Waals surface area contributed by atoms with Gasteiger partial charge in [0.05, 0.1) is 26.3 Å². The fourth-order valence-corrected chi connectivity index (χ4v) is 2.67. The molecule has 0 radical (unpaired) electrons. The van der Waals surface area contributed by atoms with E-state index in [1.807, 2.05) is 0 Å². The molecule has 4 heteroatoms. The smallest absolute Gasteiger partial charge is 0.180 e. The van der Waals surface area contributed by atoms with E-state index in [1.165, 1.54) is 32.1 Å². The number of methoxy groups -OCH3 is 2. The number of carbonyl (C=O) groups excluding carboxylic acids is 1. The molecule has 1 aliphatic carbocycles. The second kappa shape index (κ2) is 7.29. The predicted molar refractivity (Wildman–Crippen MR) is 78.8 cm³/mol. The largest absolute Gasteiger partial charge is 0.497 e. The molecule has 0 aliphatic heterocycles. The number of ketones is 1. The molecule has 1 fully saturated rings. The van der Waals surface area contributed by atoms with Gasteiger partial charge in [0.25, 0.3) is 0 Å². The SMILES string of the molecule is COc1ccc(OC)c(C(=O)CNC2CCCCC2)c1. The zero-order valence-corrected chi connectivity index (χ0v) is 12.3. The molecule has 0 amide bonds. The highest BCUT2D eigenvalue weighted by Crippen LogP contribution is 2.24. The van der Waals surface area contributed by atoms with Crippen LogP contribution in [0.15, 0.2) is 18.2 Å². The molecule has 1 aromatic carbocycles. The van der Waals surface area contributed by atoms with Crippen molar-refractivity contribution in [2.45, 2.75) is 38.1 Å². The molecule has 0 bridgehead atoms. The van der Waals surface area contributed by atoms with Crippen LogP contribution in [0.25, 0.3) is 0 Å². The van der Waals surface area contributed by atoms with Gasteiger partial charge < -0.3 is 14.8 Å². The minimum Gasteiger partial charge on any atom is -0.497 e. The highest BCUT2D eigenvalue weighted by atomic mass is 16.5. The molecule has 0 atom stereocenters. The third-order valence-corrected chi connectivity index (χ3v) is 3.86. The van der Waals surface area contributed by atoms with Crippen LogP contribution in [0.3, 0.4) is 0 Å². The molecule has 110 valence electrons. The van der Waals surface area contributed by atoms with Crippen LogP contribution in [-0.4, -0.2) is 32.6 Å². The van der Waals surface area contributed by atoms with Crippen molar-refractivity contribution in [3.05, 3.63) is 23.8 Å². The Bertz CT molecular complexity index is 453. The zero-order chi connectivity index (χ0) is 14.4. The molecule has 2 rings (SSSR count). The van der Waals surface area contributed by atoms with Crippen molar-refractivity contribution in [3.63, 3.8) is 0 Å². The summed E-state index contributed by atoms with van der Waals surface area (Å²) in [5.74, 6) is 1.32. The van der Waals surface area contributed by atoms with E-state index in [1.54, 1.807) is 32.4 Å². The number of hydrogen-bond acceptors (Lipinski definition) is 4. The van der Waals surface area contributed by atoms with Crippen molar-refractivity contribution in [2.75, 3.05) is 20.8 Å².